The molecule has 1 heterocycles. The third-order valence-electron chi connectivity index (χ3n) is 5.29. The molecule has 35 heavy (non-hydrogen) atoms. The molecule has 6 nitrogen and oxygen atoms in total. The van der Waals surface area contributed by atoms with E-state index in [1.165, 1.54) is 12.1 Å². The molecule has 0 aromatic heterocycles. The lowest BCUT2D eigenvalue weighted by Gasteiger charge is -2.32. The van der Waals surface area contributed by atoms with Crippen molar-refractivity contribution in [2.45, 2.75) is 43.0 Å². The molecule has 1 amide bonds. The van der Waals surface area contributed by atoms with Crippen LogP contribution in [0.3, 0.4) is 0 Å². The van der Waals surface area contributed by atoms with Crippen LogP contribution in [0.5, 0.6) is 5.75 Å². The molecule has 0 unspecified atom stereocenters. The van der Waals surface area contributed by atoms with Gasteiger partial charge in [-0.2, -0.15) is 34.8 Å². The van der Waals surface area contributed by atoms with Gasteiger partial charge in [-0.25, -0.2) is 0 Å². The SMILES string of the molecule is O=C(N[C@@H](c1cccc(OS(=O)(=O)C(F)(F)F)c1)[C@@H]1CCCCN1)c1cccc(C(F)(F)F)c1Cl. The highest BCUT2D eigenvalue weighted by molar-refractivity contribution is 7.88. The first-order valence-electron chi connectivity index (χ1n) is 10.2. The summed E-state index contributed by atoms with van der Waals surface area (Å²) in [6.45, 7) is 0.556. The van der Waals surface area contributed by atoms with E-state index in [4.69, 9.17) is 11.6 Å². The van der Waals surface area contributed by atoms with Gasteiger partial charge >= 0.3 is 21.8 Å². The number of carbonyl (C=O) groups is 1. The third kappa shape index (κ3) is 6.39. The van der Waals surface area contributed by atoms with Gasteiger partial charge in [-0.15, -0.1) is 0 Å². The van der Waals surface area contributed by atoms with E-state index in [0.717, 1.165) is 43.2 Å². The molecule has 2 N–H and O–H groups in total. The van der Waals surface area contributed by atoms with Crippen LogP contribution in [-0.4, -0.2) is 32.4 Å². The van der Waals surface area contributed by atoms with E-state index in [1.54, 1.807) is 0 Å². The van der Waals surface area contributed by atoms with Crippen molar-refractivity contribution in [2.75, 3.05) is 6.54 Å². The third-order valence-corrected chi connectivity index (χ3v) is 6.68. The molecule has 0 saturated carbocycles. The Labute approximate surface area is 201 Å². The first kappa shape index (κ1) is 27.1. The van der Waals surface area contributed by atoms with Crippen LogP contribution in [0.25, 0.3) is 0 Å². The molecule has 2 atom stereocenters. The summed E-state index contributed by atoms with van der Waals surface area (Å²) in [6, 6.07) is 6.10. The Balaban J connectivity index is 1.95. The smallest absolute Gasteiger partial charge is 0.376 e. The Hall–Kier alpha value is -2.51. The summed E-state index contributed by atoms with van der Waals surface area (Å²) in [6.07, 6.45) is -2.71. The van der Waals surface area contributed by atoms with Gasteiger partial charge in [-0.3, -0.25) is 4.79 Å². The summed E-state index contributed by atoms with van der Waals surface area (Å²) in [5, 5.41) is 4.92. The van der Waals surface area contributed by atoms with E-state index in [0.29, 0.717) is 13.0 Å². The van der Waals surface area contributed by atoms with Gasteiger partial charge in [0, 0.05) is 6.04 Å². The highest BCUT2D eigenvalue weighted by Crippen LogP contribution is 2.37. The Morgan fingerprint density at radius 2 is 1.77 bits per heavy atom. The summed E-state index contributed by atoms with van der Waals surface area (Å²) in [5.41, 5.74) is -7.13. The molecular formula is C21H19ClF6N2O4S. The van der Waals surface area contributed by atoms with Gasteiger partial charge in [0.2, 0.25) is 0 Å². The number of piperidine rings is 1. The van der Waals surface area contributed by atoms with Gasteiger partial charge in [0.05, 0.1) is 22.2 Å². The van der Waals surface area contributed by atoms with E-state index >= 15 is 0 Å². The lowest BCUT2D eigenvalue weighted by Crippen LogP contribution is -2.46. The topological polar surface area (TPSA) is 84.5 Å². The summed E-state index contributed by atoms with van der Waals surface area (Å²) in [4.78, 5) is 12.9. The minimum Gasteiger partial charge on any atom is -0.376 e. The van der Waals surface area contributed by atoms with Crippen LogP contribution in [0.15, 0.2) is 42.5 Å². The summed E-state index contributed by atoms with van der Waals surface area (Å²) in [7, 11) is -5.94. The quantitative estimate of drug-likeness (QED) is 0.297. The minimum atomic E-state index is -5.94. The number of amides is 1. The van der Waals surface area contributed by atoms with Crippen LogP contribution in [0, 0.1) is 0 Å². The first-order chi connectivity index (χ1) is 16.2. The largest absolute Gasteiger partial charge is 0.534 e. The highest BCUT2D eigenvalue weighted by atomic mass is 35.5. The molecular weight excluding hydrogens is 526 g/mol. The zero-order chi connectivity index (χ0) is 26.0. The van der Waals surface area contributed by atoms with E-state index < -0.39 is 61.7 Å². The molecule has 2 aromatic rings. The van der Waals surface area contributed by atoms with Crippen molar-refractivity contribution in [3.05, 3.63) is 64.2 Å². The fourth-order valence-electron chi connectivity index (χ4n) is 3.66. The van der Waals surface area contributed by atoms with Gasteiger partial charge in [0.25, 0.3) is 5.91 Å². The number of rotatable bonds is 6. The maximum absolute atomic E-state index is 13.2. The Kier molecular flexibility index (Phi) is 7.92. The first-order valence-corrected chi connectivity index (χ1v) is 12.0. The second-order valence-electron chi connectivity index (χ2n) is 7.73. The molecule has 1 fully saturated rings. The second kappa shape index (κ2) is 10.2. The number of halogens is 7. The normalized spacial score (nSPS) is 18.1. The zero-order valence-corrected chi connectivity index (χ0v) is 19.3. The molecule has 0 spiro atoms. The predicted molar refractivity (Wildman–Crippen MR) is 114 cm³/mol. The molecule has 2 aromatic carbocycles. The monoisotopic (exact) mass is 544 g/mol. The number of benzene rings is 2. The summed E-state index contributed by atoms with van der Waals surface area (Å²) >= 11 is 5.85. The average Bonchev–Trinajstić information content (AvgIpc) is 2.76. The van der Waals surface area contributed by atoms with Crippen molar-refractivity contribution in [2.24, 2.45) is 0 Å². The molecule has 0 radical (unpaired) electrons. The van der Waals surface area contributed by atoms with Crippen LogP contribution in [-0.2, 0) is 16.3 Å². The molecule has 14 heteroatoms. The second-order valence-corrected chi connectivity index (χ2v) is 9.64. The van der Waals surface area contributed by atoms with Crippen molar-refractivity contribution >= 4 is 27.6 Å². The number of carbonyl (C=O) groups excluding carboxylic acids is 1. The van der Waals surface area contributed by atoms with Gasteiger partial charge in [0.1, 0.15) is 5.75 Å². The molecule has 1 saturated heterocycles. The number of nitrogens with one attached hydrogen (secondary N) is 2. The maximum atomic E-state index is 13.2. The van der Waals surface area contributed by atoms with Gasteiger partial charge in [-0.1, -0.05) is 36.2 Å². The van der Waals surface area contributed by atoms with E-state index in [1.807, 2.05) is 0 Å². The molecule has 3 rings (SSSR count). The van der Waals surface area contributed by atoms with Gasteiger partial charge in [0.15, 0.2) is 0 Å². The molecule has 0 aliphatic carbocycles. The van der Waals surface area contributed by atoms with Crippen molar-refractivity contribution in [3.63, 3.8) is 0 Å². The Morgan fingerprint density at radius 1 is 1.09 bits per heavy atom. The minimum absolute atomic E-state index is 0.177. The molecule has 192 valence electrons. The van der Waals surface area contributed by atoms with Gasteiger partial charge in [-0.05, 0) is 49.2 Å². The lowest BCUT2D eigenvalue weighted by atomic mass is 9.92. The van der Waals surface area contributed by atoms with Crippen LogP contribution in [0.2, 0.25) is 5.02 Å². The summed E-state index contributed by atoms with van der Waals surface area (Å²) in [5.74, 6) is -1.60. The van der Waals surface area contributed by atoms with Gasteiger partial charge < -0.3 is 14.8 Å². The van der Waals surface area contributed by atoms with E-state index in [9.17, 15) is 39.6 Å². The number of hydrogen-bond acceptors (Lipinski definition) is 5. The Morgan fingerprint density at radius 3 is 2.37 bits per heavy atom. The Bertz CT molecular complexity index is 1180. The fraction of sp³-hybridized carbons (Fsp3) is 0.381. The van der Waals surface area contributed by atoms with Crippen LogP contribution < -0.4 is 14.8 Å². The van der Waals surface area contributed by atoms with Crippen LogP contribution >= 0.6 is 11.6 Å². The maximum Gasteiger partial charge on any atom is 0.534 e. The molecule has 1 aliphatic rings. The van der Waals surface area contributed by atoms with Crippen molar-refractivity contribution < 1.29 is 43.7 Å². The molecule has 0 bridgehead atoms. The fourth-order valence-corrected chi connectivity index (χ4v) is 4.43. The predicted octanol–water partition coefficient (Wildman–Crippen LogP) is 5.20. The standard InChI is InChI=1S/C21H19ClF6N2O4S/c22-17-14(7-4-8-15(17)20(23,24)25)19(31)30-18(16-9-1-2-10-29-16)12-5-3-6-13(11-12)34-35(32,33)21(26,27)28/h3-8,11,16,18,29H,1-2,9-10H2,(H,30,31)/t16-,18-/m0/s1. The van der Waals surface area contributed by atoms with Crippen molar-refractivity contribution in [1.29, 1.82) is 0 Å². The summed E-state index contributed by atoms with van der Waals surface area (Å²) < 4.78 is 105. The number of hydrogen-bond donors (Lipinski definition) is 2. The highest BCUT2D eigenvalue weighted by Gasteiger charge is 2.48. The lowest BCUT2D eigenvalue weighted by molar-refractivity contribution is -0.137. The van der Waals surface area contributed by atoms with Crippen molar-refractivity contribution in [1.82, 2.24) is 10.6 Å². The number of alkyl halides is 6. The molecule has 1 aliphatic heterocycles. The van der Waals surface area contributed by atoms with Crippen molar-refractivity contribution in [3.8, 4) is 5.75 Å². The van der Waals surface area contributed by atoms with Crippen LogP contribution in [0.4, 0.5) is 26.3 Å². The average molecular weight is 545 g/mol. The zero-order valence-electron chi connectivity index (χ0n) is 17.7. The van der Waals surface area contributed by atoms with E-state index in [2.05, 4.69) is 14.8 Å². The van der Waals surface area contributed by atoms with Crippen LogP contribution in [0.1, 0.15) is 46.8 Å². The van der Waals surface area contributed by atoms with E-state index in [-0.39, 0.29) is 5.56 Å².